The molecule has 2 heterocycles. The second kappa shape index (κ2) is 7.64. The maximum Gasteiger partial charge on any atom is 0.325 e. The second-order valence-corrected chi connectivity index (χ2v) is 7.22. The highest BCUT2D eigenvalue weighted by atomic mass is 32.1. The van der Waals surface area contributed by atoms with Crippen LogP contribution in [0.4, 0.5) is 0 Å². The highest BCUT2D eigenvalue weighted by Crippen LogP contribution is 2.34. The maximum absolute atomic E-state index is 12.1. The Morgan fingerprint density at radius 2 is 1.93 bits per heavy atom. The lowest BCUT2D eigenvalue weighted by Crippen LogP contribution is -2.37. The van der Waals surface area contributed by atoms with Gasteiger partial charge in [-0.3, -0.25) is 4.79 Å². The Labute approximate surface area is 169 Å². The Kier molecular flexibility index (Phi) is 5.05. The summed E-state index contributed by atoms with van der Waals surface area (Å²) in [7, 11) is 3.06. The second-order valence-electron chi connectivity index (χ2n) is 6.83. The van der Waals surface area contributed by atoms with Crippen molar-refractivity contribution < 1.29 is 14.3 Å². The van der Waals surface area contributed by atoms with Crippen molar-refractivity contribution in [3.63, 3.8) is 0 Å². The van der Waals surface area contributed by atoms with Gasteiger partial charge in [-0.1, -0.05) is 42.5 Å². The molecule has 6 heteroatoms. The van der Waals surface area contributed by atoms with Crippen LogP contribution in [0, 0.1) is 0 Å². The molecule has 144 valence electrons. The molecule has 2 aromatic carbocycles. The number of methoxy groups -OCH3 is 2. The maximum atomic E-state index is 12.1. The summed E-state index contributed by atoms with van der Waals surface area (Å²) in [4.78, 5) is 15.1. The molecule has 0 unspecified atom stereocenters. The van der Waals surface area contributed by atoms with Gasteiger partial charge in [0.05, 0.1) is 19.9 Å². The average Bonchev–Trinajstić information content (AvgIpc) is 3.04. The van der Waals surface area contributed by atoms with E-state index in [1.165, 1.54) is 18.2 Å². The lowest BCUT2D eigenvalue weighted by molar-refractivity contribution is -0.141. The molecule has 0 saturated heterocycles. The summed E-state index contributed by atoms with van der Waals surface area (Å²) < 4.78 is 12.3. The molecular formula is C22H22N2O3S. The number of carbonyl (C=O) groups is 1. The van der Waals surface area contributed by atoms with Crippen LogP contribution in [0.2, 0.25) is 0 Å². The van der Waals surface area contributed by atoms with Gasteiger partial charge in [0.1, 0.15) is 17.3 Å². The average molecular weight is 394 g/mol. The fourth-order valence-corrected chi connectivity index (χ4v) is 4.23. The van der Waals surface area contributed by atoms with Gasteiger partial charge in [0.15, 0.2) is 0 Å². The van der Waals surface area contributed by atoms with E-state index in [1.54, 1.807) is 7.11 Å². The van der Waals surface area contributed by atoms with E-state index in [9.17, 15) is 4.79 Å². The molecule has 0 spiro atoms. The minimum Gasteiger partial charge on any atom is -0.497 e. The third kappa shape index (κ3) is 3.24. The number of benzene rings is 2. The van der Waals surface area contributed by atoms with E-state index in [0.29, 0.717) is 0 Å². The fourth-order valence-electron chi connectivity index (χ4n) is 3.84. The van der Waals surface area contributed by atoms with Gasteiger partial charge in [0.2, 0.25) is 0 Å². The zero-order chi connectivity index (χ0) is 19.7. The summed E-state index contributed by atoms with van der Waals surface area (Å²) in [6, 6.07) is 16.2. The van der Waals surface area contributed by atoms with E-state index >= 15 is 0 Å². The number of esters is 1. The highest BCUT2D eigenvalue weighted by Gasteiger charge is 2.29. The van der Waals surface area contributed by atoms with Crippen molar-refractivity contribution in [1.82, 2.24) is 9.47 Å². The molecule has 0 amide bonds. The van der Waals surface area contributed by atoms with E-state index in [0.717, 1.165) is 46.8 Å². The lowest BCUT2D eigenvalue weighted by Gasteiger charge is -2.31. The largest absolute Gasteiger partial charge is 0.497 e. The van der Waals surface area contributed by atoms with Crippen molar-refractivity contribution >= 4 is 34.1 Å². The molecule has 1 aromatic heterocycles. The SMILES string of the molecule is COC(=O)Cn1c2c(c3cc(OC)ccc31)CCN(Cc1ccccc1)C2=S. The van der Waals surface area contributed by atoms with Crippen molar-refractivity contribution in [2.75, 3.05) is 20.8 Å². The van der Waals surface area contributed by atoms with E-state index in [2.05, 4.69) is 17.0 Å². The lowest BCUT2D eigenvalue weighted by atomic mass is 10.0. The number of carbonyl (C=O) groups excluding carboxylic acids is 1. The summed E-state index contributed by atoms with van der Waals surface area (Å²) in [6.07, 6.45) is 0.861. The van der Waals surface area contributed by atoms with Crippen molar-refractivity contribution in [3.05, 3.63) is 65.4 Å². The predicted molar refractivity (Wildman–Crippen MR) is 113 cm³/mol. The van der Waals surface area contributed by atoms with Crippen LogP contribution in [0.5, 0.6) is 5.75 Å². The minimum absolute atomic E-state index is 0.133. The first-order valence-electron chi connectivity index (χ1n) is 9.21. The zero-order valence-electron chi connectivity index (χ0n) is 16.0. The molecule has 0 atom stereocenters. The van der Waals surface area contributed by atoms with E-state index in [4.69, 9.17) is 21.7 Å². The number of fused-ring (bicyclic) bond motifs is 3. The minimum atomic E-state index is -0.293. The quantitative estimate of drug-likeness (QED) is 0.489. The Balaban J connectivity index is 1.80. The highest BCUT2D eigenvalue weighted by molar-refractivity contribution is 7.80. The van der Waals surface area contributed by atoms with Crippen molar-refractivity contribution in [2.45, 2.75) is 19.5 Å². The van der Waals surface area contributed by atoms with Crippen molar-refractivity contribution in [3.8, 4) is 5.75 Å². The normalized spacial score (nSPS) is 13.5. The molecule has 0 bridgehead atoms. The Morgan fingerprint density at radius 1 is 1.14 bits per heavy atom. The molecule has 0 fully saturated rings. The van der Waals surface area contributed by atoms with Crippen LogP contribution < -0.4 is 4.74 Å². The summed E-state index contributed by atoms with van der Waals surface area (Å²) in [5.41, 5.74) is 4.30. The summed E-state index contributed by atoms with van der Waals surface area (Å²) in [5.74, 6) is 0.502. The first-order chi connectivity index (χ1) is 13.6. The van der Waals surface area contributed by atoms with Gasteiger partial charge >= 0.3 is 5.97 Å². The summed E-state index contributed by atoms with van der Waals surface area (Å²) in [6.45, 7) is 1.73. The molecule has 3 aromatic rings. The fraction of sp³-hybridized carbons (Fsp3) is 0.273. The number of nitrogens with zero attached hydrogens (tertiary/aromatic N) is 2. The monoisotopic (exact) mass is 394 g/mol. The van der Waals surface area contributed by atoms with Gasteiger partial charge in [-0.05, 0) is 35.7 Å². The molecule has 4 rings (SSSR count). The molecule has 0 N–H and O–H groups in total. The molecule has 28 heavy (non-hydrogen) atoms. The summed E-state index contributed by atoms with van der Waals surface area (Å²) >= 11 is 5.88. The molecule has 5 nitrogen and oxygen atoms in total. The number of hydrogen-bond donors (Lipinski definition) is 0. The number of hydrogen-bond acceptors (Lipinski definition) is 4. The molecule has 0 aliphatic carbocycles. The van der Waals surface area contributed by atoms with Crippen LogP contribution in [0.3, 0.4) is 0 Å². The van der Waals surface area contributed by atoms with E-state index in [1.807, 2.05) is 41.0 Å². The smallest absolute Gasteiger partial charge is 0.325 e. The number of aromatic nitrogens is 1. The topological polar surface area (TPSA) is 43.7 Å². The van der Waals surface area contributed by atoms with Crippen LogP contribution in [0.15, 0.2) is 48.5 Å². The molecule has 1 aliphatic heterocycles. The van der Waals surface area contributed by atoms with Gasteiger partial charge in [0.25, 0.3) is 0 Å². The zero-order valence-corrected chi connectivity index (χ0v) is 16.8. The Morgan fingerprint density at radius 3 is 2.64 bits per heavy atom. The van der Waals surface area contributed by atoms with Gasteiger partial charge in [-0.25, -0.2) is 0 Å². The summed E-state index contributed by atoms with van der Waals surface area (Å²) in [5, 5.41) is 1.08. The molecular weight excluding hydrogens is 372 g/mol. The Hall–Kier alpha value is -2.86. The van der Waals surface area contributed by atoms with Crippen LogP contribution in [-0.4, -0.2) is 41.2 Å². The molecule has 0 saturated carbocycles. The molecule has 0 radical (unpaired) electrons. The third-order valence-corrected chi connectivity index (χ3v) is 5.68. The van der Waals surface area contributed by atoms with Crippen LogP contribution >= 0.6 is 12.2 Å². The van der Waals surface area contributed by atoms with Crippen molar-refractivity contribution in [2.24, 2.45) is 0 Å². The first kappa shape index (κ1) is 18.5. The van der Waals surface area contributed by atoms with Gasteiger partial charge < -0.3 is 18.9 Å². The van der Waals surface area contributed by atoms with Crippen molar-refractivity contribution in [1.29, 1.82) is 0 Å². The standard InChI is InChI=1S/C22H22N2O3S/c1-26-16-8-9-19-18(12-16)17-10-11-23(13-15-6-4-3-5-7-15)22(28)21(17)24(19)14-20(25)27-2/h3-9,12H,10-11,13-14H2,1-2H3. The number of thiocarbonyl (C=S) groups is 1. The third-order valence-electron chi connectivity index (χ3n) is 5.23. The van der Waals surface area contributed by atoms with Crippen LogP contribution in [0.25, 0.3) is 10.9 Å². The van der Waals surface area contributed by atoms with Gasteiger partial charge in [0, 0.05) is 24.0 Å². The predicted octanol–water partition coefficient (Wildman–Crippen LogP) is 3.56. The molecule has 1 aliphatic rings. The Bertz CT molecular complexity index is 1040. The number of ether oxygens (including phenoxy) is 2. The first-order valence-corrected chi connectivity index (χ1v) is 9.62. The van der Waals surface area contributed by atoms with Crippen LogP contribution in [-0.2, 0) is 29.0 Å². The van der Waals surface area contributed by atoms with Crippen LogP contribution in [0.1, 0.15) is 16.8 Å². The van der Waals surface area contributed by atoms with E-state index in [-0.39, 0.29) is 12.5 Å². The van der Waals surface area contributed by atoms with Gasteiger partial charge in [-0.15, -0.1) is 0 Å². The number of rotatable bonds is 5. The van der Waals surface area contributed by atoms with Gasteiger partial charge in [-0.2, -0.15) is 0 Å². The van der Waals surface area contributed by atoms with E-state index < -0.39 is 0 Å².